The zero-order chi connectivity index (χ0) is 36.6. The molecule has 1 aromatic carbocycles. The van der Waals surface area contributed by atoms with Gasteiger partial charge in [0, 0.05) is 5.41 Å². The van der Waals surface area contributed by atoms with Crippen molar-refractivity contribution in [1.82, 2.24) is 0 Å². The Morgan fingerprint density at radius 2 is 1.45 bits per heavy atom. The van der Waals surface area contributed by atoms with Crippen molar-refractivity contribution in [3.05, 3.63) is 53.1 Å². The molecule has 3 saturated carbocycles. The van der Waals surface area contributed by atoms with Crippen LogP contribution in [-0.2, 0) is 23.2 Å². The molecule has 1 aromatic rings. The van der Waals surface area contributed by atoms with Crippen molar-refractivity contribution in [2.24, 2.45) is 34.5 Å². The summed E-state index contributed by atoms with van der Waals surface area (Å²) < 4.78 is 46.6. The predicted molar refractivity (Wildman–Crippen MR) is 208 cm³/mol. The molecule has 3 fully saturated rings. The lowest BCUT2D eigenvalue weighted by atomic mass is 9.49. The monoisotopic (exact) mass is 728 g/mol. The maximum atomic E-state index is 13.1. The van der Waals surface area contributed by atoms with E-state index >= 15 is 0 Å². The first-order valence-electron chi connectivity index (χ1n) is 19.1. The molecule has 0 aliphatic heterocycles. The van der Waals surface area contributed by atoms with Gasteiger partial charge in [0.15, 0.2) is 16.6 Å². The Morgan fingerprint density at radius 1 is 0.857 bits per heavy atom. The molecule has 8 atom stereocenters. The van der Waals surface area contributed by atoms with Crippen LogP contribution in [0.5, 0.6) is 0 Å². The second-order valence-corrected chi connectivity index (χ2v) is 30.9. The molecular weight excluding hydrogens is 661 g/mol. The summed E-state index contributed by atoms with van der Waals surface area (Å²) in [5, 5.41) is 0.292. The minimum absolute atomic E-state index is 0.0524. The van der Waals surface area contributed by atoms with Crippen molar-refractivity contribution < 1.29 is 21.5 Å². The van der Waals surface area contributed by atoms with Gasteiger partial charge in [-0.15, -0.1) is 0 Å². The molecular formula is C41H68O5SSi2. The molecule has 0 saturated heterocycles. The third kappa shape index (κ3) is 7.18. The average Bonchev–Trinajstić information content (AvgIpc) is 3.32. The Labute approximate surface area is 302 Å². The number of benzene rings is 1. The van der Waals surface area contributed by atoms with Crippen LogP contribution in [0.15, 0.2) is 52.5 Å². The highest BCUT2D eigenvalue weighted by Gasteiger charge is 2.60. The van der Waals surface area contributed by atoms with E-state index in [9.17, 15) is 8.42 Å². The Hall–Kier alpha value is -1.04. The molecule has 5 nitrogen and oxygen atoms in total. The van der Waals surface area contributed by atoms with Gasteiger partial charge in [0.05, 0.1) is 23.7 Å². The quantitative estimate of drug-likeness (QED) is 0.187. The van der Waals surface area contributed by atoms with E-state index in [1.807, 2.05) is 19.1 Å². The Bertz CT molecular complexity index is 1550. The predicted octanol–water partition coefficient (Wildman–Crippen LogP) is 11.2. The highest BCUT2D eigenvalue weighted by atomic mass is 32.2. The molecule has 0 amide bonds. The normalized spacial score (nSPS) is 33.2. The second kappa shape index (κ2) is 13.1. The van der Waals surface area contributed by atoms with Gasteiger partial charge in [-0.1, -0.05) is 103 Å². The molecule has 4 aliphatic rings. The van der Waals surface area contributed by atoms with Crippen molar-refractivity contribution in [3.8, 4) is 0 Å². The maximum Gasteiger partial charge on any atom is 0.296 e. The maximum absolute atomic E-state index is 13.1. The standard InChI is InChI=1S/C41H68O5SSi2/c1-28-15-18-32(19-16-28)47(42,43)44-27-29(2)34-21-22-35-33-20-17-30-25-31(45-48(11,12)38(3,4)5)26-37(46-49(13,14)39(6,7)8)41(30,10)36(33)23-24-40(34,35)9/h15-20,29,31,34-37H,21-27H2,1-14H3/t29?,31-,34-,35+,36+,37+,40-,41+/m1/s1. The van der Waals surface area contributed by atoms with Gasteiger partial charge in [-0.3, -0.25) is 4.18 Å². The molecule has 4 aliphatic carbocycles. The third-order valence-electron chi connectivity index (χ3n) is 14.7. The number of allylic oxidation sites excluding steroid dienone is 3. The molecule has 276 valence electrons. The summed E-state index contributed by atoms with van der Waals surface area (Å²) in [5.74, 6) is 1.52. The van der Waals surface area contributed by atoms with E-state index in [1.165, 1.54) is 5.57 Å². The van der Waals surface area contributed by atoms with E-state index in [4.69, 9.17) is 13.0 Å². The molecule has 0 bridgehead atoms. The lowest BCUT2D eigenvalue weighted by Gasteiger charge is -2.59. The SMILES string of the molecule is Cc1ccc(S(=O)(=O)OCC(C)[C@H]2CC[C@H]3C4=CC=C5C[C@@H](O[Si](C)(C)C(C)(C)C)C[C@H](O[Si](C)(C)C(C)(C)C)[C@]5(C)[C@H]4CC[C@]23C)cc1. The average molecular weight is 729 g/mol. The zero-order valence-electron chi connectivity index (χ0n) is 33.3. The van der Waals surface area contributed by atoms with Gasteiger partial charge in [0.1, 0.15) is 0 Å². The lowest BCUT2D eigenvalue weighted by molar-refractivity contribution is -0.0456. The van der Waals surface area contributed by atoms with Gasteiger partial charge >= 0.3 is 0 Å². The van der Waals surface area contributed by atoms with E-state index < -0.39 is 26.8 Å². The van der Waals surface area contributed by atoms with Crippen LogP contribution >= 0.6 is 0 Å². The van der Waals surface area contributed by atoms with E-state index in [0.29, 0.717) is 17.8 Å². The van der Waals surface area contributed by atoms with E-state index in [1.54, 1.807) is 17.7 Å². The van der Waals surface area contributed by atoms with E-state index in [2.05, 4.69) is 101 Å². The Morgan fingerprint density at radius 3 is 2.04 bits per heavy atom. The van der Waals surface area contributed by atoms with Gasteiger partial charge in [0.2, 0.25) is 0 Å². The Balaban J connectivity index is 1.41. The van der Waals surface area contributed by atoms with Crippen LogP contribution in [0.2, 0.25) is 36.3 Å². The van der Waals surface area contributed by atoms with Crippen molar-refractivity contribution in [1.29, 1.82) is 0 Å². The van der Waals surface area contributed by atoms with E-state index in [-0.39, 0.29) is 50.5 Å². The lowest BCUT2D eigenvalue weighted by Crippen LogP contribution is -2.58. The van der Waals surface area contributed by atoms with Crippen LogP contribution in [0.1, 0.15) is 106 Å². The molecule has 0 N–H and O–H groups in total. The van der Waals surface area contributed by atoms with Crippen molar-refractivity contribution in [2.75, 3.05) is 6.61 Å². The molecule has 0 aromatic heterocycles. The van der Waals surface area contributed by atoms with Gasteiger partial charge in [0.25, 0.3) is 10.1 Å². The summed E-state index contributed by atoms with van der Waals surface area (Å²) in [6.07, 6.45) is 11.8. The van der Waals surface area contributed by atoms with Crippen molar-refractivity contribution >= 4 is 26.8 Å². The summed E-state index contributed by atoms with van der Waals surface area (Å²) in [7, 11) is -7.81. The summed E-state index contributed by atoms with van der Waals surface area (Å²) in [4.78, 5) is 0.239. The molecule has 1 unspecified atom stereocenters. The number of hydrogen-bond acceptors (Lipinski definition) is 5. The van der Waals surface area contributed by atoms with Crippen LogP contribution in [0.25, 0.3) is 0 Å². The van der Waals surface area contributed by atoms with Crippen LogP contribution in [0.3, 0.4) is 0 Å². The smallest absolute Gasteiger partial charge is 0.296 e. The molecule has 5 rings (SSSR count). The third-order valence-corrected chi connectivity index (χ3v) is 25.0. The van der Waals surface area contributed by atoms with Gasteiger partial charge in [-0.05, 0) is 123 Å². The van der Waals surface area contributed by atoms with Gasteiger partial charge in [-0.2, -0.15) is 8.42 Å². The van der Waals surface area contributed by atoms with Crippen LogP contribution in [0.4, 0.5) is 0 Å². The van der Waals surface area contributed by atoms with Crippen LogP contribution in [0, 0.1) is 41.4 Å². The highest BCUT2D eigenvalue weighted by molar-refractivity contribution is 7.86. The molecule has 0 spiro atoms. The highest BCUT2D eigenvalue weighted by Crippen LogP contribution is 2.67. The largest absolute Gasteiger partial charge is 0.414 e. The Kier molecular flexibility index (Phi) is 10.5. The number of hydrogen-bond donors (Lipinski definition) is 0. The molecule has 0 radical (unpaired) electrons. The summed E-state index contributed by atoms with van der Waals surface area (Å²) >= 11 is 0. The molecule has 8 heteroatoms. The number of rotatable bonds is 9. The minimum atomic E-state index is -3.79. The second-order valence-electron chi connectivity index (χ2n) is 19.8. The van der Waals surface area contributed by atoms with Crippen molar-refractivity contribution in [3.63, 3.8) is 0 Å². The van der Waals surface area contributed by atoms with Crippen LogP contribution < -0.4 is 0 Å². The number of aryl methyl sites for hydroxylation is 1. The van der Waals surface area contributed by atoms with Crippen LogP contribution in [-0.4, -0.2) is 43.9 Å². The molecule has 0 heterocycles. The van der Waals surface area contributed by atoms with Crippen molar-refractivity contribution in [2.45, 2.75) is 161 Å². The number of fused-ring (bicyclic) bond motifs is 5. The van der Waals surface area contributed by atoms with E-state index in [0.717, 1.165) is 44.1 Å². The zero-order valence-corrected chi connectivity index (χ0v) is 36.1. The first-order valence-corrected chi connectivity index (χ1v) is 26.3. The first kappa shape index (κ1) is 39.2. The fourth-order valence-electron chi connectivity index (χ4n) is 9.45. The van der Waals surface area contributed by atoms with Gasteiger partial charge < -0.3 is 8.85 Å². The van der Waals surface area contributed by atoms with Gasteiger partial charge in [-0.25, -0.2) is 0 Å². The fraction of sp³-hybridized carbons (Fsp3) is 0.756. The summed E-state index contributed by atoms with van der Waals surface area (Å²) in [6.45, 7) is 33.1. The fourth-order valence-corrected chi connectivity index (χ4v) is 13.2. The minimum Gasteiger partial charge on any atom is -0.414 e. The molecule has 49 heavy (non-hydrogen) atoms. The summed E-state index contributed by atoms with van der Waals surface area (Å²) in [5.41, 5.74) is 4.25. The topological polar surface area (TPSA) is 61.8 Å². The summed E-state index contributed by atoms with van der Waals surface area (Å²) in [6, 6.07) is 6.95. The first-order chi connectivity index (χ1) is 22.3.